The molecule has 9 heteroatoms. The lowest BCUT2D eigenvalue weighted by molar-refractivity contribution is -0.122. The molecule has 2 aliphatic heterocycles. The van der Waals surface area contributed by atoms with Crippen molar-refractivity contribution in [2.24, 2.45) is 0 Å². The molecular formula is C21H16ClN3O3S2. The molecule has 1 fully saturated rings. The summed E-state index contributed by atoms with van der Waals surface area (Å²) in [5, 5.41) is 3.32. The van der Waals surface area contributed by atoms with Gasteiger partial charge in [-0.1, -0.05) is 53.8 Å². The number of carbonyl (C=O) groups is 3. The molecule has 6 nitrogen and oxygen atoms in total. The Morgan fingerprint density at radius 1 is 1.07 bits per heavy atom. The van der Waals surface area contributed by atoms with Crippen molar-refractivity contribution in [1.82, 2.24) is 4.90 Å². The molecule has 0 aromatic heterocycles. The second-order valence-corrected chi connectivity index (χ2v) is 8.67. The first kappa shape index (κ1) is 20.6. The Bertz CT molecular complexity index is 1110. The second-order valence-electron chi connectivity index (χ2n) is 6.59. The summed E-state index contributed by atoms with van der Waals surface area (Å²) in [6, 6.07) is 13.8. The molecule has 152 valence electrons. The van der Waals surface area contributed by atoms with E-state index in [4.69, 9.17) is 23.8 Å². The molecule has 2 aromatic carbocycles. The van der Waals surface area contributed by atoms with Crippen LogP contribution in [0, 0.1) is 0 Å². The molecule has 1 saturated heterocycles. The van der Waals surface area contributed by atoms with Crippen LogP contribution in [0.25, 0.3) is 5.57 Å². The van der Waals surface area contributed by atoms with Gasteiger partial charge in [0.05, 0.1) is 16.2 Å². The summed E-state index contributed by atoms with van der Waals surface area (Å²) in [4.78, 5) is 41.8. The van der Waals surface area contributed by atoms with Crippen molar-refractivity contribution < 1.29 is 14.4 Å². The molecule has 3 amide bonds. The van der Waals surface area contributed by atoms with E-state index >= 15 is 0 Å². The van der Waals surface area contributed by atoms with Crippen LogP contribution in [0.1, 0.15) is 12.5 Å². The zero-order valence-corrected chi connectivity index (χ0v) is 18.2. The average molecular weight is 458 g/mol. The van der Waals surface area contributed by atoms with Gasteiger partial charge in [-0.15, -0.1) is 0 Å². The van der Waals surface area contributed by atoms with Crippen LogP contribution in [0.15, 0.2) is 53.4 Å². The van der Waals surface area contributed by atoms with Crippen LogP contribution in [0.2, 0.25) is 5.02 Å². The van der Waals surface area contributed by atoms with Crippen LogP contribution in [0.3, 0.4) is 0 Å². The van der Waals surface area contributed by atoms with E-state index in [1.807, 2.05) is 6.92 Å². The molecule has 2 aromatic rings. The third-order valence-corrected chi connectivity index (χ3v) is 6.45. The number of para-hydroxylation sites is 1. The Balaban J connectivity index is 1.65. The minimum atomic E-state index is -0.390. The standard InChI is InChI=1S/C21H16ClN3O3S2/c1-2-24-20(28)18(30-21(24)29)17-14-5-3-4-6-15(14)25(19(17)27)11-16(26)23-13-9-7-12(22)8-10-13/h3-10H,2,11H2,1H3,(H,23,26). The maximum Gasteiger partial charge on any atom is 0.266 e. The van der Waals surface area contributed by atoms with Crippen LogP contribution < -0.4 is 10.2 Å². The number of hydrogen-bond donors (Lipinski definition) is 1. The summed E-state index contributed by atoms with van der Waals surface area (Å²) in [5.41, 5.74) is 2.08. The molecule has 0 saturated carbocycles. The molecule has 0 radical (unpaired) electrons. The second kappa shape index (κ2) is 8.22. The van der Waals surface area contributed by atoms with Crippen LogP contribution in [0.4, 0.5) is 11.4 Å². The predicted octanol–water partition coefficient (Wildman–Crippen LogP) is 3.92. The molecule has 2 aliphatic rings. The number of benzene rings is 2. The number of likely N-dealkylation sites (N-methyl/N-ethyl adjacent to an activating group) is 1. The van der Waals surface area contributed by atoms with E-state index in [0.717, 1.165) is 11.8 Å². The van der Waals surface area contributed by atoms with E-state index in [0.29, 0.717) is 37.7 Å². The van der Waals surface area contributed by atoms with Crippen molar-refractivity contribution in [1.29, 1.82) is 0 Å². The molecule has 30 heavy (non-hydrogen) atoms. The Hall–Kier alpha value is -2.68. The van der Waals surface area contributed by atoms with Gasteiger partial charge in [-0.2, -0.15) is 0 Å². The quantitative estimate of drug-likeness (QED) is 0.556. The SMILES string of the molecule is CCN1C(=O)C(=C2C(=O)N(CC(=O)Nc3ccc(Cl)cc3)c3ccccc32)SC1=S. The van der Waals surface area contributed by atoms with Gasteiger partial charge in [0, 0.05) is 22.8 Å². The fraction of sp³-hybridized carbons (Fsp3) is 0.143. The van der Waals surface area contributed by atoms with Crippen molar-refractivity contribution >= 4 is 74.6 Å². The monoisotopic (exact) mass is 457 g/mol. The van der Waals surface area contributed by atoms with E-state index in [2.05, 4.69) is 5.32 Å². The van der Waals surface area contributed by atoms with Crippen molar-refractivity contribution in [3.63, 3.8) is 0 Å². The molecule has 2 heterocycles. The first-order valence-electron chi connectivity index (χ1n) is 9.15. The van der Waals surface area contributed by atoms with Gasteiger partial charge in [-0.3, -0.25) is 24.2 Å². The number of nitrogens with zero attached hydrogens (tertiary/aromatic N) is 2. The lowest BCUT2D eigenvalue weighted by Gasteiger charge is -2.16. The van der Waals surface area contributed by atoms with Gasteiger partial charge in [0.25, 0.3) is 11.8 Å². The van der Waals surface area contributed by atoms with E-state index < -0.39 is 0 Å². The van der Waals surface area contributed by atoms with E-state index in [9.17, 15) is 14.4 Å². The Morgan fingerprint density at radius 3 is 2.43 bits per heavy atom. The van der Waals surface area contributed by atoms with Crippen LogP contribution >= 0.6 is 35.6 Å². The highest BCUT2D eigenvalue weighted by Crippen LogP contribution is 2.44. The van der Waals surface area contributed by atoms with Gasteiger partial charge in [-0.05, 0) is 37.3 Å². The third-order valence-electron chi connectivity index (χ3n) is 4.75. The van der Waals surface area contributed by atoms with Gasteiger partial charge in [0.2, 0.25) is 5.91 Å². The molecule has 0 atom stereocenters. The van der Waals surface area contributed by atoms with Crippen molar-refractivity contribution in [3.05, 3.63) is 64.0 Å². The van der Waals surface area contributed by atoms with Gasteiger partial charge in [0.15, 0.2) is 0 Å². The molecule has 0 aliphatic carbocycles. The van der Waals surface area contributed by atoms with Gasteiger partial charge in [-0.25, -0.2) is 0 Å². The lowest BCUT2D eigenvalue weighted by Crippen LogP contribution is -2.35. The van der Waals surface area contributed by atoms with Gasteiger partial charge < -0.3 is 5.32 Å². The topological polar surface area (TPSA) is 69.7 Å². The summed E-state index contributed by atoms with van der Waals surface area (Å²) >= 11 is 12.3. The highest BCUT2D eigenvalue weighted by molar-refractivity contribution is 8.26. The van der Waals surface area contributed by atoms with Gasteiger partial charge >= 0.3 is 0 Å². The van der Waals surface area contributed by atoms with Crippen LogP contribution in [-0.2, 0) is 14.4 Å². The van der Waals surface area contributed by atoms with Crippen molar-refractivity contribution in [2.75, 3.05) is 23.3 Å². The fourth-order valence-corrected chi connectivity index (χ4v) is 4.94. The lowest BCUT2D eigenvalue weighted by atomic mass is 10.1. The number of anilines is 2. The maximum atomic E-state index is 13.3. The first-order valence-corrected chi connectivity index (χ1v) is 10.8. The fourth-order valence-electron chi connectivity index (χ4n) is 3.36. The molecule has 4 rings (SSSR count). The minimum Gasteiger partial charge on any atom is -0.325 e. The van der Waals surface area contributed by atoms with Gasteiger partial charge in [0.1, 0.15) is 10.9 Å². The Labute approximate surface area is 187 Å². The number of hydrogen-bond acceptors (Lipinski definition) is 5. The highest BCUT2D eigenvalue weighted by atomic mass is 35.5. The number of thioether (sulfide) groups is 1. The smallest absolute Gasteiger partial charge is 0.266 e. The average Bonchev–Trinajstić information content (AvgIpc) is 3.16. The Morgan fingerprint density at radius 2 is 1.77 bits per heavy atom. The minimum absolute atomic E-state index is 0.184. The normalized spacial score (nSPS) is 18.3. The summed E-state index contributed by atoms with van der Waals surface area (Å²) in [6.45, 7) is 2.08. The number of rotatable bonds is 4. The first-order chi connectivity index (χ1) is 14.4. The molecular weight excluding hydrogens is 442 g/mol. The molecule has 0 unspecified atom stereocenters. The number of carbonyl (C=O) groups excluding carboxylic acids is 3. The summed E-state index contributed by atoms with van der Waals surface area (Å²) in [6.07, 6.45) is 0. The Kier molecular flexibility index (Phi) is 5.64. The summed E-state index contributed by atoms with van der Waals surface area (Å²) in [7, 11) is 0. The summed E-state index contributed by atoms with van der Waals surface area (Å²) in [5.74, 6) is -1.03. The van der Waals surface area contributed by atoms with Crippen LogP contribution in [-0.4, -0.2) is 40.0 Å². The maximum absolute atomic E-state index is 13.3. The van der Waals surface area contributed by atoms with Crippen molar-refractivity contribution in [3.8, 4) is 0 Å². The number of thiocarbonyl (C=S) groups is 1. The van der Waals surface area contributed by atoms with E-state index in [1.165, 1.54) is 9.80 Å². The van der Waals surface area contributed by atoms with Crippen LogP contribution in [0.5, 0.6) is 0 Å². The molecule has 0 spiro atoms. The zero-order chi connectivity index (χ0) is 21.4. The van der Waals surface area contributed by atoms with E-state index in [-0.39, 0.29) is 29.8 Å². The summed E-state index contributed by atoms with van der Waals surface area (Å²) < 4.78 is 0.425. The number of fused-ring (bicyclic) bond motifs is 1. The number of nitrogens with one attached hydrogen (secondary N) is 1. The zero-order valence-electron chi connectivity index (χ0n) is 15.8. The predicted molar refractivity (Wildman–Crippen MR) is 123 cm³/mol. The molecule has 0 bridgehead atoms. The molecule has 1 N–H and O–H groups in total. The third kappa shape index (κ3) is 3.62. The van der Waals surface area contributed by atoms with E-state index in [1.54, 1.807) is 48.5 Å². The van der Waals surface area contributed by atoms with Crippen molar-refractivity contribution in [2.45, 2.75) is 6.92 Å². The largest absolute Gasteiger partial charge is 0.325 e. The number of halogens is 1. The highest BCUT2D eigenvalue weighted by Gasteiger charge is 2.41. The number of amides is 3.